The van der Waals surface area contributed by atoms with Crippen molar-refractivity contribution in [2.24, 2.45) is 0 Å². The van der Waals surface area contributed by atoms with Gasteiger partial charge in [-0.05, 0) is 50.2 Å². The number of hydrogen-bond donors (Lipinski definition) is 2. The third-order valence-corrected chi connectivity index (χ3v) is 2.71. The van der Waals surface area contributed by atoms with Gasteiger partial charge in [0, 0.05) is 5.69 Å². The van der Waals surface area contributed by atoms with Gasteiger partial charge >= 0.3 is 5.97 Å². The second-order valence-corrected chi connectivity index (χ2v) is 3.98. The fraction of sp³-hybridized carbons (Fsp3) is 0.417. The minimum absolute atomic E-state index is 0.0475. The molecule has 0 unspecified atom stereocenters. The van der Waals surface area contributed by atoms with Crippen molar-refractivity contribution >= 4 is 11.7 Å². The molecule has 1 aliphatic rings. The first-order valence-electron chi connectivity index (χ1n) is 5.53. The molecule has 1 saturated heterocycles. The molecule has 0 bridgehead atoms. The average Bonchev–Trinajstić information content (AvgIpc) is 2.31. The molecular weight excluding hydrogens is 204 g/mol. The number of carbonyl (C=O) groups excluding carboxylic acids is 1. The van der Waals surface area contributed by atoms with E-state index >= 15 is 0 Å². The van der Waals surface area contributed by atoms with Crippen molar-refractivity contribution in [1.29, 1.82) is 0 Å². The van der Waals surface area contributed by atoms with Crippen molar-refractivity contribution in [3.05, 3.63) is 29.8 Å². The molecule has 0 aliphatic carbocycles. The molecule has 0 saturated carbocycles. The van der Waals surface area contributed by atoms with Crippen LogP contribution in [0, 0.1) is 0 Å². The summed E-state index contributed by atoms with van der Waals surface area (Å²) in [5.41, 5.74) is 6.76. The molecule has 16 heavy (non-hydrogen) atoms. The largest absolute Gasteiger partial charge is 0.459 e. The minimum Gasteiger partial charge on any atom is -0.459 e. The number of carbonyl (C=O) groups is 1. The van der Waals surface area contributed by atoms with Crippen LogP contribution in [0.15, 0.2) is 24.3 Å². The molecule has 0 amide bonds. The molecule has 0 radical (unpaired) electrons. The summed E-state index contributed by atoms with van der Waals surface area (Å²) in [6.07, 6.45) is 1.83. The molecule has 1 heterocycles. The van der Waals surface area contributed by atoms with Gasteiger partial charge in [0.1, 0.15) is 6.10 Å². The topological polar surface area (TPSA) is 64.4 Å². The molecule has 3 N–H and O–H groups in total. The normalized spacial score (nSPS) is 17.0. The number of rotatable bonds is 2. The van der Waals surface area contributed by atoms with Gasteiger partial charge in [0.25, 0.3) is 0 Å². The Hall–Kier alpha value is -1.55. The van der Waals surface area contributed by atoms with Gasteiger partial charge in [0.05, 0.1) is 5.56 Å². The van der Waals surface area contributed by atoms with Crippen LogP contribution in [0.4, 0.5) is 5.69 Å². The van der Waals surface area contributed by atoms with Gasteiger partial charge in [-0.2, -0.15) is 0 Å². The Labute approximate surface area is 94.8 Å². The standard InChI is InChI=1S/C12H16N2O2/c13-10-3-1-9(2-4-10)12(15)16-11-5-7-14-8-6-11/h1-4,11,14H,5-8,13H2. The molecule has 4 nitrogen and oxygen atoms in total. The number of esters is 1. The van der Waals surface area contributed by atoms with Gasteiger partial charge in [-0.15, -0.1) is 0 Å². The first-order chi connectivity index (χ1) is 7.75. The van der Waals surface area contributed by atoms with Crippen LogP contribution in [0.5, 0.6) is 0 Å². The van der Waals surface area contributed by atoms with E-state index < -0.39 is 0 Å². The first-order valence-corrected chi connectivity index (χ1v) is 5.53. The summed E-state index contributed by atoms with van der Waals surface area (Å²) in [5, 5.41) is 3.23. The Morgan fingerprint density at radius 3 is 2.50 bits per heavy atom. The summed E-state index contributed by atoms with van der Waals surface area (Å²) in [5.74, 6) is -0.257. The third kappa shape index (κ3) is 2.73. The summed E-state index contributed by atoms with van der Waals surface area (Å²) in [6.45, 7) is 1.83. The van der Waals surface area contributed by atoms with Crippen LogP contribution >= 0.6 is 0 Å². The first kappa shape index (κ1) is 11.0. The van der Waals surface area contributed by atoms with Gasteiger partial charge in [0.15, 0.2) is 0 Å². The van der Waals surface area contributed by atoms with E-state index in [-0.39, 0.29) is 12.1 Å². The van der Waals surface area contributed by atoms with Crippen LogP contribution in [0.25, 0.3) is 0 Å². The number of ether oxygens (including phenoxy) is 1. The maximum Gasteiger partial charge on any atom is 0.338 e. The third-order valence-electron chi connectivity index (χ3n) is 2.71. The Balaban J connectivity index is 1.94. The highest BCUT2D eigenvalue weighted by molar-refractivity contribution is 5.89. The number of nitrogen functional groups attached to an aromatic ring is 1. The number of nitrogens with one attached hydrogen (secondary N) is 1. The zero-order chi connectivity index (χ0) is 11.4. The summed E-state index contributed by atoms with van der Waals surface area (Å²) in [7, 11) is 0. The molecule has 0 aromatic heterocycles. The molecule has 4 heteroatoms. The zero-order valence-electron chi connectivity index (χ0n) is 9.11. The number of nitrogens with two attached hydrogens (primary N) is 1. The predicted molar refractivity (Wildman–Crippen MR) is 62.2 cm³/mol. The van der Waals surface area contributed by atoms with Gasteiger partial charge in [-0.25, -0.2) is 4.79 Å². The molecular formula is C12H16N2O2. The summed E-state index contributed by atoms with van der Waals surface area (Å²) >= 11 is 0. The molecule has 0 spiro atoms. The van der Waals surface area contributed by atoms with E-state index in [9.17, 15) is 4.79 Å². The van der Waals surface area contributed by atoms with E-state index in [4.69, 9.17) is 10.5 Å². The van der Waals surface area contributed by atoms with Crippen molar-refractivity contribution in [3.8, 4) is 0 Å². The number of hydrogen-bond acceptors (Lipinski definition) is 4. The lowest BCUT2D eigenvalue weighted by atomic mass is 10.1. The second-order valence-electron chi connectivity index (χ2n) is 3.98. The number of anilines is 1. The van der Waals surface area contributed by atoms with E-state index in [0.717, 1.165) is 25.9 Å². The van der Waals surface area contributed by atoms with Crippen LogP contribution in [0.1, 0.15) is 23.2 Å². The smallest absolute Gasteiger partial charge is 0.338 e. The van der Waals surface area contributed by atoms with Gasteiger partial charge < -0.3 is 15.8 Å². The Kier molecular flexibility index (Phi) is 3.41. The number of piperidine rings is 1. The minimum atomic E-state index is -0.257. The summed E-state index contributed by atoms with van der Waals surface area (Å²) in [4.78, 5) is 11.7. The Morgan fingerprint density at radius 2 is 1.88 bits per heavy atom. The second kappa shape index (κ2) is 4.99. The summed E-state index contributed by atoms with van der Waals surface area (Å²) in [6, 6.07) is 6.80. The maximum atomic E-state index is 11.7. The highest BCUT2D eigenvalue weighted by atomic mass is 16.5. The van der Waals surface area contributed by atoms with Gasteiger partial charge in [0.2, 0.25) is 0 Å². The van der Waals surface area contributed by atoms with Crippen LogP contribution < -0.4 is 11.1 Å². The van der Waals surface area contributed by atoms with Crippen molar-refractivity contribution < 1.29 is 9.53 Å². The van der Waals surface area contributed by atoms with Gasteiger partial charge in [-0.3, -0.25) is 0 Å². The SMILES string of the molecule is Nc1ccc(C(=O)OC2CCNCC2)cc1. The van der Waals surface area contributed by atoms with Crippen LogP contribution in [-0.4, -0.2) is 25.2 Å². The molecule has 2 rings (SSSR count). The van der Waals surface area contributed by atoms with Crippen molar-refractivity contribution in [2.75, 3.05) is 18.8 Å². The monoisotopic (exact) mass is 220 g/mol. The highest BCUT2D eigenvalue weighted by Gasteiger charge is 2.18. The molecule has 1 aliphatic heterocycles. The maximum absolute atomic E-state index is 11.7. The number of benzene rings is 1. The van der Waals surface area contributed by atoms with Crippen molar-refractivity contribution in [3.63, 3.8) is 0 Å². The molecule has 1 aromatic carbocycles. The predicted octanol–water partition coefficient (Wildman–Crippen LogP) is 1.18. The van der Waals surface area contributed by atoms with Crippen molar-refractivity contribution in [1.82, 2.24) is 5.32 Å². The molecule has 0 atom stereocenters. The van der Waals surface area contributed by atoms with Crippen LogP contribution in [-0.2, 0) is 4.74 Å². The summed E-state index contributed by atoms with van der Waals surface area (Å²) < 4.78 is 5.40. The zero-order valence-corrected chi connectivity index (χ0v) is 9.11. The van der Waals surface area contributed by atoms with E-state index in [1.165, 1.54) is 0 Å². The molecule has 86 valence electrons. The van der Waals surface area contributed by atoms with E-state index in [1.807, 2.05) is 0 Å². The molecule has 1 aromatic rings. The van der Waals surface area contributed by atoms with E-state index in [2.05, 4.69) is 5.32 Å². The quantitative estimate of drug-likeness (QED) is 0.580. The lowest BCUT2D eigenvalue weighted by Crippen LogP contribution is -2.33. The van der Waals surface area contributed by atoms with Crippen LogP contribution in [0.2, 0.25) is 0 Å². The Morgan fingerprint density at radius 1 is 1.25 bits per heavy atom. The fourth-order valence-corrected chi connectivity index (χ4v) is 1.75. The average molecular weight is 220 g/mol. The lowest BCUT2D eigenvalue weighted by Gasteiger charge is -2.22. The van der Waals surface area contributed by atoms with Crippen molar-refractivity contribution in [2.45, 2.75) is 18.9 Å². The van der Waals surface area contributed by atoms with E-state index in [0.29, 0.717) is 11.3 Å². The van der Waals surface area contributed by atoms with Crippen LogP contribution in [0.3, 0.4) is 0 Å². The van der Waals surface area contributed by atoms with E-state index in [1.54, 1.807) is 24.3 Å². The Bertz CT molecular complexity index is 356. The molecule has 1 fully saturated rings. The lowest BCUT2D eigenvalue weighted by molar-refractivity contribution is 0.0229. The van der Waals surface area contributed by atoms with Gasteiger partial charge in [-0.1, -0.05) is 0 Å². The fourth-order valence-electron chi connectivity index (χ4n) is 1.75. The highest BCUT2D eigenvalue weighted by Crippen LogP contribution is 2.12.